The molecule has 10 rings (SSSR count). The lowest BCUT2D eigenvalue weighted by atomic mass is 9.96. The van der Waals surface area contributed by atoms with Gasteiger partial charge in [-0.05, 0) is 106 Å². The minimum absolute atomic E-state index is 0.117. The molecule has 1 saturated carbocycles. The average molecular weight is 994 g/mol. The first-order valence-corrected chi connectivity index (χ1v) is 24.8. The molecule has 6 amide bonds. The second-order valence-electron chi connectivity index (χ2n) is 19.5. The van der Waals surface area contributed by atoms with Gasteiger partial charge in [0.15, 0.2) is 0 Å². The van der Waals surface area contributed by atoms with E-state index in [4.69, 9.17) is 9.72 Å². The highest BCUT2D eigenvalue weighted by atomic mass is 19.1. The minimum Gasteiger partial charge on any atom is -0.453 e. The molecule has 6 heterocycles. The van der Waals surface area contributed by atoms with Crippen molar-refractivity contribution in [2.24, 2.45) is 7.05 Å². The standard InChI is InChI=1S/C53H56FN11O8/c1-28(2)65-39-17-11-29(21-31(39)25-57-65)44-45-47-41(62(3)53(72)64(47)35-14-12-34(24-35)59-52(71)73-4)26-56-48(45)61-46(44)30-10-15-37(38(54)23-30)49(68)55-20-8-6-5-7-9-42(66)58-33-13-16-36-32(22-33)27-63(51(36)70)40-18-19-43(67)60-50(40)69/h10-11,13,15-17,21-23,25-26,28,34-35,40H,5-9,12,14,18-20,24,27H2,1-4H3,(H,55,68)(H,56,61)(H,58,66)(H,59,71)(H,60,67,69)/t34-,35-,40?/m1/s1. The Hall–Kier alpha value is -8.16. The van der Waals surface area contributed by atoms with E-state index in [0.717, 1.165) is 29.3 Å². The van der Waals surface area contributed by atoms with Gasteiger partial charge in [0, 0.05) is 78.9 Å². The highest BCUT2D eigenvalue weighted by Crippen LogP contribution is 2.44. The Morgan fingerprint density at radius 1 is 0.918 bits per heavy atom. The third-order valence-corrected chi connectivity index (χ3v) is 14.4. The zero-order valence-electron chi connectivity index (χ0n) is 41.0. The topological polar surface area (TPSA) is 236 Å². The molecule has 0 radical (unpaired) electrons. The van der Waals surface area contributed by atoms with Crippen LogP contribution < -0.4 is 27.0 Å². The number of H-pyrrole nitrogens is 1. The summed E-state index contributed by atoms with van der Waals surface area (Å²) in [6.45, 7) is 4.63. The number of benzene rings is 3. The smallest absolute Gasteiger partial charge is 0.407 e. The summed E-state index contributed by atoms with van der Waals surface area (Å²) >= 11 is 0. The number of aryl methyl sites for hydroxylation is 1. The van der Waals surface area contributed by atoms with Gasteiger partial charge in [-0.15, -0.1) is 0 Å². The highest BCUT2D eigenvalue weighted by molar-refractivity contribution is 6.15. The summed E-state index contributed by atoms with van der Waals surface area (Å²) in [6.07, 6.45) is 8.11. The van der Waals surface area contributed by atoms with Crippen LogP contribution in [0.1, 0.15) is 116 Å². The molecule has 3 aromatic carbocycles. The monoisotopic (exact) mass is 993 g/mol. The van der Waals surface area contributed by atoms with E-state index in [1.807, 2.05) is 29.1 Å². The molecular formula is C53H56FN11O8. The van der Waals surface area contributed by atoms with Crippen LogP contribution in [0.4, 0.5) is 14.9 Å². The molecule has 0 bridgehead atoms. The van der Waals surface area contributed by atoms with Crippen molar-refractivity contribution in [3.63, 3.8) is 0 Å². The number of imidazole rings is 1. The summed E-state index contributed by atoms with van der Waals surface area (Å²) in [5.74, 6) is -2.58. The van der Waals surface area contributed by atoms with Crippen molar-refractivity contribution in [3.8, 4) is 22.4 Å². The quantitative estimate of drug-likeness (QED) is 0.0514. The van der Waals surface area contributed by atoms with Crippen LogP contribution in [0.5, 0.6) is 0 Å². The van der Waals surface area contributed by atoms with Crippen molar-refractivity contribution in [1.82, 2.24) is 49.7 Å². The molecule has 73 heavy (non-hydrogen) atoms. The molecule has 378 valence electrons. The Bertz CT molecular complexity index is 3460. The zero-order valence-corrected chi connectivity index (χ0v) is 41.0. The maximum Gasteiger partial charge on any atom is 0.407 e. The maximum atomic E-state index is 16.2. The summed E-state index contributed by atoms with van der Waals surface area (Å²) in [6, 6.07) is 14.5. The van der Waals surface area contributed by atoms with Crippen LogP contribution in [-0.4, -0.2) is 95.1 Å². The van der Waals surface area contributed by atoms with E-state index < -0.39 is 29.8 Å². The first-order chi connectivity index (χ1) is 35.2. The number of carbonyl (C=O) groups is 6. The summed E-state index contributed by atoms with van der Waals surface area (Å²) in [7, 11) is 3.03. The number of alkyl carbamates (subject to hydrolysis) is 1. The minimum atomic E-state index is -0.720. The van der Waals surface area contributed by atoms with Crippen molar-refractivity contribution < 1.29 is 37.9 Å². The van der Waals surface area contributed by atoms with Crippen LogP contribution in [0.2, 0.25) is 0 Å². The number of aromatic amines is 1. The van der Waals surface area contributed by atoms with Gasteiger partial charge in [0.1, 0.15) is 17.5 Å². The van der Waals surface area contributed by atoms with Gasteiger partial charge in [0.25, 0.3) is 11.8 Å². The van der Waals surface area contributed by atoms with Crippen LogP contribution in [0.3, 0.4) is 0 Å². The number of unbranched alkanes of at least 4 members (excludes halogenated alkanes) is 3. The first kappa shape index (κ1) is 48.5. The van der Waals surface area contributed by atoms with Crippen molar-refractivity contribution in [1.29, 1.82) is 0 Å². The van der Waals surface area contributed by atoms with E-state index >= 15 is 4.39 Å². The fourth-order valence-electron chi connectivity index (χ4n) is 10.8. The van der Waals surface area contributed by atoms with Gasteiger partial charge in [0.2, 0.25) is 17.7 Å². The molecule has 2 aliphatic heterocycles. The van der Waals surface area contributed by atoms with Gasteiger partial charge in [-0.2, -0.15) is 5.10 Å². The molecule has 2 fully saturated rings. The summed E-state index contributed by atoms with van der Waals surface area (Å²) in [5.41, 5.74) is 6.56. The fourth-order valence-corrected chi connectivity index (χ4v) is 10.8. The van der Waals surface area contributed by atoms with E-state index in [-0.39, 0.29) is 72.9 Å². The Balaban J connectivity index is 0.809. The number of ether oxygens (including phenoxy) is 1. The van der Waals surface area contributed by atoms with Crippen LogP contribution in [0, 0.1) is 5.82 Å². The third-order valence-electron chi connectivity index (χ3n) is 14.4. The van der Waals surface area contributed by atoms with Crippen LogP contribution >= 0.6 is 0 Å². The predicted octanol–water partition coefficient (Wildman–Crippen LogP) is 7.15. The number of hydrogen-bond acceptors (Lipinski definition) is 10. The van der Waals surface area contributed by atoms with Crippen molar-refractivity contribution in [3.05, 3.63) is 100.0 Å². The molecular weight excluding hydrogens is 938 g/mol. The molecule has 3 atom stereocenters. The van der Waals surface area contributed by atoms with Crippen molar-refractivity contribution in [2.75, 3.05) is 19.0 Å². The predicted molar refractivity (Wildman–Crippen MR) is 270 cm³/mol. The number of amides is 6. The lowest BCUT2D eigenvalue weighted by molar-refractivity contribution is -0.137. The number of piperidine rings is 1. The molecule has 0 spiro atoms. The Morgan fingerprint density at radius 3 is 2.51 bits per heavy atom. The summed E-state index contributed by atoms with van der Waals surface area (Å²) in [5, 5.41) is 17.1. The number of halogens is 1. The zero-order chi connectivity index (χ0) is 51.2. The van der Waals surface area contributed by atoms with Gasteiger partial charge >= 0.3 is 11.8 Å². The lowest BCUT2D eigenvalue weighted by Gasteiger charge is -2.29. The molecule has 7 aromatic rings. The van der Waals surface area contributed by atoms with E-state index in [1.165, 1.54) is 24.1 Å². The molecule has 1 saturated heterocycles. The van der Waals surface area contributed by atoms with E-state index in [2.05, 4.69) is 45.2 Å². The molecule has 3 aliphatic rings. The number of methoxy groups -OCH3 is 1. The molecule has 19 nitrogen and oxygen atoms in total. The maximum absolute atomic E-state index is 16.2. The lowest BCUT2D eigenvalue weighted by Crippen LogP contribution is -2.52. The highest BCUT2D eigenvalue weighted by Gasteiger charge is 2.39. The normalized spacial score (nSPS) is 17.8. The Labute approximate surface area is 417 Å². The van der Waals surface area contributed by atoms with Gasteiger partial charge in [-0.1, -0.05) is 25.0 Å². The van der Waals surface area contributed by atoms with E-state index in [0.29, 0.717) is 94.4 Å². The molecule has 20 heteroatoms. The number of carbonyl (C=O) groups excluding carboxylic acids is 6. The third kappa shape index (κ3) is 9.21. The Kier molecular flexibility index (Phi) is 13.1. The van der Waals surface area contributed by atoms with E-state index in [1.54, 1.807) is 46.6 Å². The number of aromatic nitrogens is 6. The number of hydrogen-bond donors (Lipinski definition) is 5. The Morgan fingerprint density at radius 2 is 1.73 bits per heavy atom. The number of anilines is 1. The van der Waals surface area contributed by atoms with Crippen molar-refractivity contribution in [2.45, 2.75) is 109 Å². The number of rotatable bonds is 15. The number of pyridine rings is 1. The van der Waals surface area contributed by atoms with Gasteiger partial charge in [-0.25, -0.2) is 19.0 Å². The second kappa shape index (κ2) is 19.8. The summed E-state index contributed by atoms with van der Waals surface area (Å²) in [4.78, 5) is 99.2. The number of nitrogens with one attached hydrogen (secondary N) is 5. The van der Waals surface area contributed by atoms with E-state index in [9.17, 15) is 33.6 Å². The summed E-state index contributed by atoms with van der Waals surface area (Å²) < 4.78 is 26.4. The fraction of sp³-hybridized carbons (Fsp3) is 0.377. The number of nitrogens with zero attached hydrogens (tertiary/aromatic N) is 6. The van der Waals surface area contributed by atoms with Gasteiger partial charge in [0.05, 0.1) is 52.7 Å². The molecule has 1 aliphatic carbocycles. The molecule has 5 N–H and O–H groups in total. The number of imide groups is 1. The van der Waals surface area contributed by atoms with Crippen LogP contribution in [0.25, 0.3) is 55.4 Å². The average Bonchev–Trinajstić information content (AvgIpc) is 4.21. The largest absolute Gasteiger partial charge is 0.453 e. The molecule has 4 aromatic heterocycles. The number of fused-ring (bicyclic) bond motifs is 5. The van der Waals surface area contributed by atoms with Crippen LogP contribution in [0.15, 0.2) is 71.8 Å². The SMILES string of the molecule is COC(=O)N[C@@H]1CC[C@@H](n2c(=O)n(C)c3cnc4[nH]c(-c5ccc(C(=O)NCCCCCCC(=O)Nc6ccc7c(c6)CN(C6CCC(=O)NC6=O)C7=O)c(F)c5)c(-c5ccc6c(cnn6C(C)C)c5)c4c32)C1. The van der Waals surface area contributed by atoms with Gasteiger partial charge < -0.3 is 30.6 Å². The first-order valence-electron chi connectivity index (χ1n) is 24.8. The van der Waals surface area contributed by atoms with Gasteiger partial charge in [-0.3, -0.25) is 43.1 Å². The van der Waals surface area contributed by atoms with Crippen LogP contribution in [-0.2, 0) is 32.7 Å². The molecule has 1 unspecified atom stereocenters. The second-order valence-corrected chi connectivity index (χ2v) is 19.5. The van der Waals surface area contributed by atoms with Crippen molar-refractivity contribution >= 4 is 74.3 Å².